The van der Waals surface area contributed by atoms with E-state index < -0.39 is 35.1 Å². The van der Waals surface area contributed by atoms with Crippen molar-refractivity contribution < 1.29 is 24.2 Å². The topological polar surface area (TPSA) is 108 Å². The summed E-state index contributed by atoms with van der Waals surface area (Å²) >= 11 is 0. The van der Waals surface area contributed by atoms with Crippen LogP contribution in [-0.2, 0) is 19.1 Å². The van der Waals surface area contributed by atoms with E-state index in [1.54, 1.807) is 19.1 Å². The van der Waals surface area contributed by atoms with E-state index >= 15 is 0 Å². The summed E-state index contributed by atoms with van der Waals surface area (Å²) in [6.07, 6.45) is 1.60. The number of benzene rings is 3. The summed E-state index contributed by atoms with van der Waals surface area (Å²) in [7, 11) is 0. The second kappa shape index (κ2) is 9.47. The summed E-state index contributed by atoms with van der Waals surface area (Å²) in [5, 5.41) is 18.1. The van der Waals surface area contributed by atoms with Crippen LogP contribution in [0.3, 0.4) is 0 Å². The van der Waals surface area contributed by atoms with Crippen molar-refractivity contribution in [2.75, 3.05) is 17.2 Å². The third-order valence-electron chi connectivity index (χ3n) is 8.95. The molecular weight excluding hydrogens is 494 g/mol. The fourth-order valence-corrected chi connectivity index (χ4v) is 7.13. The molecule has 202 valence electrons. The molecule has 6 atom stereocenters. The zero-order chi connectivity index (χ0) is 27.4. The number of rotatable bonds is 7. The Hall–Kier alpha value is -3.75. The number of hydrogen-bond acceptors (Lipinski definition) is 5. The van der Waals surface area contributed by atoms with E-state index in [9.17, 15) is 19.5 Å². The maximum Gasteiger partial charge on any atom is 0.250 e. The molecule has 3 aliphatic rings. The van der Waals surface area contributed by atoms with E-state index in [1.165, 1.54) is 4.90 Å². The fraction of sp³-hybridized carbons (Fsp3) is 0.387. The number of carbonyl (C=O) groups excluding carboxylic acids is 3. The van der Waals surface area contributed by atoms with Gasteiger partial charge in [-0.1, -0.05) is 55.5 Å². The van der Waals surface area contributed by atoms with Crippen LogP contribution in [0.5, 0.6) is 0 Å². The number of nitrogens with one attached hydrogen (secondary N) is 2. The van der Waals surface area contributed by atoms with Gasteiger partial charge in [-0.2, -0.15) is 0 Å². The molecule has 1 spiro atoms. The van der Waals surface area contributed by atoms with Crippen LogP contribution >= 0.6 is 0 Å². The molecule has 3 saturated heterocycles. The van der Waals surface area contributed by atoms with E-state index in [0.717, 1.165) is 10.8 Å². The summed E-state index contributed by atoms with van der Waals surface area (Å²) in [6, 6.07) is 21.1. The van der Waals surface area contributed by atoms with Crippen LogP contribution in [0.25, 0.3) is 10.8 Å². The maximum atomic E-state index is 14.1. The molecule has 3 aromatic rings. The van der Waals surface area contributed by atoms with Crippen molar-refractivity contribution in [3.63, 3.8) is 0 Å². The van der Waals surface area contributed by atoms with Crippen molar-refractivity contribution >= 4 is 39.9 Å². The van der Waals surface area contributed by atoms with Gasteiger partial charge in [0.2, 0.25) is 17.7 Å². The first-order chi connectivity index (χ1) is 18.8. The van der Waals surface area contributed by atoms with Crippen LogP contribution in [-0.4, -0.2) is 57.6 Å². The molecule has 3 fully saturated rings. The first-order valence-electron chi connectivity index (χ1n) is 13.6. The number of carbonyl (C=O) groups is 3. The van der Waals surface area contributed by atoms with Crippen LogP contribution in [0.1, 0.15) is 33.1 Å². The number of aliphatic hydroxyl groups is 1. The SMILES string of the molecule is CC[C@]12CCC3(O1)C(C(=O)Nc1ccc4ccccc4c1)N([C@H](C)CO)C(=O)[C@@H]3[C@H]2C(=O)Nc1ccccc1. The van der Waals surface area contributed by atoms with Crippen LogP contribution < -0.4 is 10.6 Å². The van der Waals surface area contributed by atoms with Crippen molar-refractivity contribution in [2.24, 2.45) is 11.8 Å². The molecule has 0 saturated carbocycles. The van der Waals surface area contributed by atoms with E-state index in [0.29, 0.717) is 30.6 Å². The van der Waals surface area contributed by atoms with E-state index in [2.05, 4.69) is 10.6 Å². The molecule has 3 N–H and O–H groups in total. The van der Waals surface area contributed by atoms with Gasteiger partial charge in [-0.25, -0.2) is 0 Å². The van der Waals surface area contributed by atoms with Gasteiger partial charge in [-0.3, -0.25) is 14.4 Å². The first-order valence-corrected chi connectivity index (χ1v) is 13.6. The van der Waals surface area contributed by atoms with Gasteiger partial charge in [0.15, 0.2) is 0 Å². The Morgan fingerprint density at radius 1 is 0.974 bits per heavy atom. The molecule has 8 nitrogen and oxygen atoms in total. The van der Waals surface area contributed by atoms with E-state index in [-0.39, 0.29) is 24.3 Å². The number of fused-ring (bicyclic) bond motifs is 2. The first kappa shape index (κ1) is 25.5. The van der Waals surface area contributed by atoms with Crippen molar-refractivity contribution in [2.45, 2.75) is 56.4 Å². The standard InChI is InChI=1S/C31H33N3O5/c1-3-30-15-16-31(39-30)25(24(30)27(36)32-22-11-5-4-6-12-22)29(38)34(19(2)18-35)26(31)28(37)33-23-14-13-20-9-7-8-10-21(20)17-23/h4-14,17,19,24-26,35H,3,15-16,18H2,1-2H3,(H,32,36)(H,33,37)/t19-,24+,25+,26?,30-,31?/m1/s1. The molecule has 0 radical (unpaired) electrons. The molecule has 2 unspecified atom stereocenters. The van der Waals surface area contributed by atoms with Crippen LogP contribution in [0, 0.1) is 11.8 Å². The monoisotopic (exact) mass is 527 g/mol. The minimum Gasteiger partial charge on any atom is -0.394 e. The molecule has 39 heavy (non-hydrogen) atoms. The molecule has 0 aliphatic carbocycles. The lowest BCUT2D eigenvalue weighted by Gasteiger charge is -2.36. The van der Waals surface area contributed by atoms with E-state index in [1.807, 2.05) is 67.6 Å². The number of amides is 3. The second-order valence-electron chi connectivity index (χ2n) is 11.0. The largest absolute Gasteiger partial charge is 0.394 e. The number of aliphatic hydroxyl groups excluding tert-OH is 1. The summed E-state index contributed by atoms with van der Waals surface area (Å²) in [4.78, 5) is 43.4. The molecule has 2 bridgehead atoms. The Morgan fingerprint density at radius 3 is 2.38 bits per heavy atom. The van der Waals surface area contributed by atoms with Crippen molar-refractivity contribution in [3.05, 3.63) is 72.8 Å². The molecule has 8 heteroatoms. The van der Waals surface area contributed by atoms with Gasteiger partial charge < -0.3 is 25.4 Å². The van der Waals surface area contributed by atoms with Crippen LogP contribution in [0.4, 0.5) is 11.4 Å². The van der Waals surface area contributed by atoms with Gasteiger partial charge in [0.1, 0.15) is 11.6 Å². The number of likely N-dealkylation sites (tertiary alicyclic amines) is 1. The van der Waals surface area contributed by atoms with Crippen molar-refractivity contribution in [1.29, 1.82) is 0 Å². The molecule has 6 rings (SSSR count). The Bertz CT molecular complexity index is 1440. The third kappa shape index (κ3) is 3.85. The zero-order valence-electron chi connectivity index (χ0n) is 22.1. The number of ether oxygens (including phenoxy) is 1. The molecule has 3 aromatic carbocycles. The third-order valence-corrected chi connectivity index (χ3v) is 8.95. The predicted molar refractivity (Wildman–Crippen MR) is 148 cm³/mol. The van der Waals surface area contributed by atoms with Gasteiger partial charge in [0.25, 0.3) is 0 Å². The normalized spacial score (nSPS) is 29.9. The molecule has 3 heterocycles. The molecule has 3 amide bonds. The van der Waals surface area contributed by atoms with E-state index in [4.69, 9.17) is 4.74 Å². The van der Waals surface area contributed by atoms with Crippen molar-refractivity contribution in [3.8, 4) is 0 Å². The highest BCUT2D eigenvalue weighted by molar-refractivity contribution is 6.06. The smallest absolute Gasteiger partial charge is 0.250 e. The minimum absolute atomic E-state index is 0.282. The summed E-state index contributed by atoms with van der Waals surface area (Å²) in [6.45, 7) is 3.37. The average Bonchev–Trinajstić information content (AvgIpc) is 3.56. The lowest BCUT2D eigenvalue weighted by molar-refractivity contribution is -0.147. The lowest BCUT2D eigenvalue weighted by atomic mass is 9.65. The second-order valence-corrected chi connectivity index (χ2v) is 11.0. The Labute approximate surface area is 227 Å². The lowest BCUT2D eigenvalue weighted by Crippen LogP contribution is -2.55. The minimum atomic E-state index is -1.16. The fourth-order valence-electron chi connectivity index (χ4n) is 7.13. The molecule has 3 aliphatic heterocycles. The highest BCUT2D eigenvalue weighted by atomic mass is 16.5. The maximum absolute atomic E-state index is 14.1. The molecule has 0 aromatic heterocycles. The highest BCUT2D eigenvalue weighted by Crippen LogP contribution is 2.64. The number of hydrogen-bond donors (Lipinski definition) is 3. The van der Waals surface area contributed by atoms with Gasteiger partial charge in [0, 0.05) is 11.4 Å². The number of nitrogens with zero attached hydrogens (tertiary/aromatic N) is 1. The average molecular weight is 528 g/mol. The van der Waals surface area contributed by atoms with Crippen LogP contribution in [0.15, 0.2) is 72.8 Å². The Balaban J connectivity index is 1.38. The highest BCUT2D eigenvalue weighted by Gasteiger charge is 2.79. The summed E-state index contributed by atoms with van der Waals surface area (Å²) in [5.41, 5.74) is -0.744. The molecular formula is C31H33N3O5. The number of para-hydroxylation sites is 1. The van der Waals surface area contributed by atoms with Crippen molar-refractivity contribution in [1.82, 2.24) is 4.90 Å². The van der Waals surface area contributed by atoms with Gasteiger partial charge in [-0.05, 0) is 61.2 Å². The van der Waals surface area contributed by atoms with Crippen LogP contribution in [0.2, 0.25) is 0 Å². The quantitative estimate of drug-likeness (QED) is 0.431. The Kier molecular flexibility index (Phi) is 6.19. The van der Waals surface area contributed by atoms with Gasteiger partial charge in [-0.15, -0.1) is 0 Å². The van der Waals surface area contributed by atoms with Gasteiger partial charge in [0.05, 0.1) is 30.1 Å². The Morgan fingerprint density at radius 2 is 1.67 bits per heavy atom. The zero-order valence-corrected chi connectivity index (χ0v) is 22.1. The summed E-state index contributed by atoms with van der Waals surface area (Å²) in [5.74, 6) is -2.56. The predicted octanol–water partition coefficient (Wildman–Crippen LogP) is 3.95. The van der Waals surface area contributed by atoms with Gasteiger partial charge >= 0.3 is 0 Å². The summed E-state index contributed by atoms with van der Waals surface area (Å²) < 4.78 is 6.76. The number of anilines is 2.